The molecule has 2 saturated carbocycles. The number of nitrogens with zero attached hydrogens (tertiary/aromatic N) is 2. The first kappa shape index (κ1) is 8.79. The quantitative estimate of drug-likeness (QED) is 0.646. The van der Waals surface area contributed by atoms with E-state index in [4.69, 9.17) is 0 Å². The van der Waals surface area contributed by atoms with Gasteiger partial charge in [0.1, 0.15) is 0 Å². The van der Waals surface area contributed by atoms with E-state index in [0.717, 1.165) is 5.92 Å². The van der Waals surface area contributed by atoms with Gasteiger partial charge in [-0.3, -0.25) is 4.68 Å². The predicted molar refractivity (Wildman–Crippen MR) is 53.7 cm³/mol. The maximum atomic E-state index is 4.41. The summed E-state index contributed by atoms with van der Waals surface area (Å²) in [5.74, 6) is 0.987. The standard InChI is InChI=1S/C9H12N2.C2H6/c1-6-5-10-11(7(6)2)9-3-8(9)4-9;1-2/h5,8H,3-4H2,1-2H3;1-2H3. The highest BCUT2D eigenvalue weighted by Crippen LogP contribution is 2.72. The molecular weight excluding hydrogens is 160 g/mol. The third-order valence-electron chi connectivity index (χ3n) is 3.32. The molecule has 2 fully saturated rings. The predicted octanol–water partition coefficient (Wildman–Crippen LogP) is 2.65. The van der Waals surface area contributed by atoms with Gasteiger partial charge < -0.3 is 0 Å². The molecule has 1 aromatic heterocycles. The Morgan fingerprint density at radius 2 is 1.92 bits per heavy atom. The molecule has 0 unspecified atom stereocenters. The van der Waals surface area contributed by atoms with Gasteiger partial charge in [0.15, 0.2) is 0 Å². The van der Waals surface area contributed by atoms with Crippen LogP contribution < -0.4 is 0 Å². The van der Waals surface area contributed by atoms with E-state index in [1.54, 1.807) is 0 Å². The highest BCUT2D eigenvalue weighted by Gasteiger charge is 2.72. The number of rotatable bonds is 1. The molecule has 1 aromatic rings. The Bertz CT molecular complexity index is 319. The van der Waals surface area contributed by atoms with Crippen LogP contribution in [0.15, 0.2) is 6.20 Å². The van der Waals surface area contributed by atoms with Gasteiger partial charge >= 0.3 is 0 Å². The SMILES string of the molecule is CC.Cc1cnn(C23CC2C3)c1C. The number of hydrogen-bond donors (Lipinski definition) is 0. The van der Waals surface area contributed by atoms with Gasteiger partial charge in [-0.15, -0.1) is 0 Å². The Labute approximate surface area is 80.0 Å². The lowest BCUT2D eigenvalue weighted by Crippen LogP contribution is -2.10. The van der Waals surface area contributed by atoms with Crippen LogP contribution in [0.5, 0.6) is 0 Å². The zero-order valence-electron chi connectivity index (χ0n) is 8.96. The first-order valence-electron chi connectivity index (χ1n) is 5.26. The van der Waals surface area contributed by atoms with Gasteiger partial charge in [0.2, 0.25) is 0 Å². The molecule has 0 aliphatic heterocycles. The van der Waals surface area contributed by atoms with E-state index >= 15 is 0 Å². The lowest BCUT2D eigenvalue weighted by Gasteiger charge is -2.06. The van der Waals surface area contributed by atoms with Gasteiger partial charge in [0.25, 0.3) is 0 Å². The second-order valence-corrected chi connectivity index (χ2v) is 4.03. The average Bonchev–Trinajstić information content (AvgIpc) is 2.94. The smallest absolute Gasteiger partial charge is 0.0667 e. The summed E-state index contributed by atoms with van der Waals surface area (Å²) in [6, 6.07) is 0. The number of hydrogen-bond acceptors (Lipinski definition) is 1. The van der Waals surface area contributed by atoms with Gasteiger partial charge in [-0.2, -0.15) is 5.10 Å². The fourth-order valence-corrected chi connectivity index (χ4v) is 1.96. The van der Waals surface area contributed by atoms with Crippen molar-refractivity contribution < 1.29 is 0 Å². The van der Waals surface area contributed by atoms with Crippen molar-refractivity contribution in [1.82, 2.24) is 9.78 Å². The minimum atomic E-state index is 0.526. The molecule has 3 rings (SSSR count). The molecule has 0 aromatic carbocycles. The minimum Gasteiger partial charge on any atom is -0.263 e. The maximum Gasteiger partial charge on any atom is 0.0667 e. The molecule has 0 amide bonds. The van der Waals surface area contributed by atoms with Crippen molar-refractivity contribution >= 4 is 0 Å². The zero-order valence-corrected chi connectivity index (χ0v) is 8.96. The summed E-state index contributed by atoms with van der Waals surface area (Å²) >= 11 is 0. The van der Waals surface area contributed by atoms with Gasteiger partial charge in [-0.25, -0.2) is 0 Å². The molecule has 0 atom stereocenters. The fourth-order valence-electron chi connectivity index (χ4n) is 1.96. The van der Waals surface area contributed by atoms with E-state index in [9.17, 15) is 0 Å². The Hall–Kier alpha value is -0.790. The summed E-state index contributed by atoms with van der Waals surface area (Å²) in [5.41, 5.74) is 3.22. The second kappa shape index (κ2) is 2.60. The number of aromatic nitrogens is 2. The van der Waals surface area contributed by atoms with Crippen LogP contribution in [-0.2, 0) is 5.54 Å². The second-order valence-electron chi connectivity index (χ2n) is 4.03. The molecule has 13 heavy (non-hydrogen) atoms. The monoisotopic (exact) mass is 178 g/mol. The topological polar surface area (TPSA) is 17.8 Å². The van der Waals surface area contributed by atoms with E-state index in [1.165, 1.54) is 24.1 Å². The fraction of sp³-hybridized carbons (Fsp3) is 0.727. The normalized spacial score (nSPS) is 33.1. The zero-order chi connectivity index (χ0) is 9.64. The van der Waals surface area contributed by atoms with Gasteiger partial charge in [-0.05, 0) is 38.2 Å². The van der Waals surface area contributed by atoms with Crippen molar-refractivity contribution in [3.63, 3.8) is 0 Å². The highest BCUT2D eigenvalue weighted by atomic mass is 15.4. The van der Waals surface area contributed by atoms with Crippen LogP contribution in [0.2, 0.25) is 0 Å². The first-order chi connectivity index (χ1) is 6.24. The van der Waals surface area contributed by atoms with Gasteiger partial charge in [0.05, 0.1) is 11.7 Å². The molecule has 2 heteroatoms. The summed E-state index contributed by atoms with van der Waals surface area (Å²) in [6.07, 6.45) is 4.75. The molecule has 1 heterocycles. The van der Waals surface area contributed by atoms with Crippen molar-refractivity contribution in [2.24, 2.45) is 5.92 Å². The van der Waals surface area contributed by atoms with Crippen molar-refractivity contribution in [2.75, 3.05) is 0 Å². The van der Waals surface area contributed by atoms with Gasteiger partial charge in [0, 0.05) is 5.69 Å². The van der Waals surface area contributed by atoms with Crippen LogP contribution in [0.3, 0.4) is 0 Å². The molecule has 0 N–H and O–H groups in total. The summed E-state index contributed by atoms with van der Waals surface area (Å²) in [4.78, 5) is 0. The van der Waals surface area contributed by atoms with Crippen LogP contribution in [0.4, 0.5) is 0 Å². The Balaban J connectivity index is 0.000000308. The van der Waals surface area contributed by atoms with E-state index < -0.39 is 0 Å². The molecule has 0 spiro atoms. The third kappa shape index (κ3) is 1.04. The Kier molecular flexibility index (Phi) is 1.76. The minimum absolute atomic E-state index is 0.526. The molecule has 72 valence electrons. The highest BCUT2D eigenvalue weighted by molar-refractivity contribution is 5.28. The number of fused-ring (bicyclic) bond motifs is 1. The van der Waals surface area contributed by atoms with Crippen LogP contribution in [0.1, 0.15) is 37.9 Å². The number of aryl methyl sites for hydroxylation is 1. The summed E-state index contributed by atoms with van der Waals surface area (Å²) in [7, 11) is 0. The molecular formula is C11H18N2. The largest absolute Gasteiger partial charge is 0.263 e. The lowest BCUT2D eigenvalue weighted by molar-refractivity contribution is 0.517. The van der Waals surface area contributed by atoms with Crippen LogP contribution in [0.25, 0.3) is 0 Å². The van der Waals surface area contributed by atoms with Crippen molar-refractivity contribution in [3.8, 4) is 0 Å². The maximum absolute atomic E-state index is 4.41. The summed E-state index contributed by atoms with van der Waals surface area (Å²) in [5, 5.41) is 4.41. The third-order valence-corrected chi connectivity index (χ3v) is 3.32. The van der Waals surface area contributed by atoms with Crippen molar-refractivity contribution in [1.29, 1.82) is 0 Å². The first-order valence-corrected chi connectivity index (χ1v) is 5.26. The van der Waals surface area contributed by atoms with E-state index in [-0.39, 0.29) is 0 Å². The Morgan fingerprint density at radius 3 is 2.23 bits per heavy atom. The molecule has 2 aliphatic rings. The summed E-state index contributed by atoms with van der Waals surface area (Å²) < 4.78 is 2.24. The van der Waals surface area contributed by atoms with Crippen LogP contribution in [0, 0.1) is 19.8 Å². The molecule has 2 aliphatic carbocycles. The Morgan fingerprint density at radius 1 is 1.38 bits per heavy atom. The molecule has 0 bridgehead atoms. The van der Waals surface area contributed by atoms with Crippen molar-refractivity contribution in [3.05, 3.63) is 17.5 Å². The lowest BCUT2D eigenvalue weighted by atomic mass is 10.3. The van der Waals surface area contributed by atoms with Crippen molar-refractivity contribution in [2.45, 2.75) is 46.1 Å². The van der Waals surface area contributed by atoms with E-state index in [1.807, 2.05) is 20.0 Å². The van der Waals surface area contributed by atoms with Crippen LogP contribution >= 0.6 is 0 Å². The summed E-state index contributed by atoms with van der Waals surface area (Å²) in [6.45, 7) is 8.31. The molecule has 0 saturated heterocycles. The van der Waals surface area contributed by atoms with Crippen LogP contribution in [-0.4, -0.2) is 9.78 Å². The molecule has 2 nitrogen and oxygen atoms in total. The molecule has 0 radical (unpaired) electrons. The van der Waals surface area contributed by atoms with E-state index in [0.29, 0.717) is 5.54 Å². The van der Waals surface area contributed by atoms with E-state index in [2.05, 4.69) is 23.6 Å². The average molecular weight is 178 g/mol. The van der Waals surface area contributed by atoms with Gasteiger partial charge in [-0.1, -0.05) is 13.8 Å².